The summed E-state index contributed by atoms with van der Waals surface area (Å²) in [6.07, 6.45) is 3.84. The molecule has 0 spiro atoms. The van der Waals surface area contributed by atoms with Gasteiger partial charge in [0.25, 0.3) is 20.2 Å². The number of nitrogens with zero attached hydrogens (tertiary/aromatic N) is 5. The Morgan fingerprint density at radius 1 is 0.607 bits per heavy atom. The van der Waals surface area contributed by atoms with E-state index >= 15 is 0 Å². The Labute approximate surface area is 514 Å². The Balaban J connectivity index is 1.25. The number of carboxylic acid groups (broad SMARTS) is 4. The normalized spacial score (nSPS) is 16.1. The molecule has 0 radical (unpaired) electrons. The molecule has 4 rings (SSSR count). The minimum atomic E-state index is -5.11. The molecule has 34 nitrogen and oxygen atoms in total. The van der Waals surface area contributed by atoms with Gasteiger partial charge in [-0.05, 0) is 87.3 Å². The van der Waals surface area contributed by atoms with Crippen molar-refractivity contribution in [2.75, 3.05) is 128 Å². The lowest BCUT2D eigenvalue weighted by molar-refractivity contribution is -0.140. The molecular weight excluding hydrogens is 1240 g/mol. The highest BCUT2D eigenvalue weighted by molar-refractivity contribution is 7.89. The number of hydrogen-bond acceptors (Lipinski definition) is 22. The monoisotopic (exact) mass is 1320 g/mol. The van der Waals surface area contributed by atoms with Gasteiger partial charge in [-0.1, -0.05) is 6.07 Å². The first-order valence-corrected chi connectivity index (χ1v) is 33.0. The number of pyridine rings is 1. The van der Waals surface area contributed by atoms with Gasteiger partial charge < -0.3 is 57.1 Å². The molecule has 2 aliphatic heterocycles. The molecule has 3 heterocycles. The number of rotatable bonds is 35. The predicted molar refractivity (Wildman–Crippen MR) is 315 cm³/mol. The average molecular weight is 1320 g/mol. The highest BCUT2D eigenvalue weighted by Crippen LogP contribution is 2.27. The number of fused-ring (bicyclic) bond motifs is 1. The molecule has 2 aromatic rings. The second-order valence-electron chi connectivity index (χ2n) is 21.3. The van der Waals surface area contributed by atoms with Crippen LogP contribution in [0.25, 0.3) is 0 Å². The van der Waals surface area contributed by atoms with Crippen LogP contribution >= 0.6 is 0 Å². The summed E-state index contributed by atoms with van der Waals surface area (Å²) in [7, 11) is -14.6. The lowest BCUT2D eigenvalue weighted by Gasteiger charge is -2.33. The number of carbonyl (C=O) groups is 9. The summed E-state index contributed by atoms with van der Waals surface area (Å²) in [6, 6.07) is 0.734. The van der Waals surface area contributed by atoms with E-state index in [1.807, 2.05) is 17.4 Å². The number of aromatic nitrogens is 1. The van der Waals surface area contributed by atoms with Crippen LogP contribution in [-0.4, -0.2) is 274 Å². The number of amides is 5. The quantitative estimate of drug-likeness (QED) is 0.0231. The Morgan fingerprint density at radius 2 is 1.10 bits per heavy atom. The number of anilines is 1. The van der Waals surface area contributed by atoms with Gasteiger partial charge in [0.1, 0.15) is 41.2 Å². The summed E-state index contributed by atoms with van der Waals surface area (Å²) >= 11 is 0. The fraction of sp³-hybridized carbons (Fsp3) is 0.615. The zero-order valence-electron chi connectivity index (χ0n) is 49.3. The van der Waals surface area contributed by atoms with Crippen molar-refractivity contribution in [2.24, 2.45) is 0 Å². The maximum absolute atomic E-state index is 13.5. The van der Waals surface area contributed by atoms with Crippen molar-refractivity contribution in [2.45, 2.75) is 88.2 Å². The molecule has 1 aromatic heterocycles. The number of sulfonamides is 1. The molecule has 37 heteroatoms. The molecule has 2 aliphatic rings. The van der Waals surface area contributed by atoms with Gasteiger partial charge in [0.05, 0.1) is 37.7 Å². The SMILES string of the molecule is Cc1cc(OCCCC(=O)NCCNC(=O)[C@H](CS(=O)(=O)O)NC(=O)[C@H](CS(=O)(=O)O)NC(=O)CN2CCN(CC(=O)O)CCN(CC(=O)O)CCN(CC(=O)O)CC2)cc(C)c1S(=O)(=O)N[C@@H](CNC(=O)CCCCc1ccc2c(n1)NCCC2)C(=O)O. The molecule has 1 fully saturated rings. The van der Waals surface area contributed by atoms with Crippen molar-refractivity contribution in [3.63, 3.8) is 0 Å². The summed E-state index contributed by atoms with van der Waals surface area (Å²) in [5, 5.41) is 52.8. The second kappa shape index (κ2) is 35.8. The van der Waals surface area contributed by atoms with Crippen LogP contribution in [-0.2, 0) is 86.3 Å². The number of ether oxygens (including phenoxy) is 1. The molecule has 0 saturated carbocycles. The van der Waals surface area contributed by atoms with Crippen molar-refractivity contribution in [3.8, 4) is 5.75 Å². The van der Waals surface area contributed by atoms with E-state index < -0.39 is 153 Å². The Morgan fingerprint density at radius 3 is 1.62 bits per heavy atom. The summed E-state index contributed by atoms with van der Waals surface area (Å²) in [6.45, 7) is 0.526. The smallest absolute Gasteiger partial charge is 0.323 e. The third kappa shape index (κ3) is 28.9. The number of aryl methyl sites for hydroxylation is 4. The molecule has 3 atom stereocenters. The summed E-state index contributed by atoms with van der Waals surface area (Å²) < 4.78 is 102. The van der Waals surface area contributed by atoms with Crippen molar-refractivity contribution >= 4 is 89.5 Å². The molecule has 5 amide bonds. The lowest BCUT2D eigenvalue weighted by Crippen LogP contribution is -2.58. The van der Waals surface area contributed by atoms with E-state index in [9.17, 15) is 97.9 Å². The molecule has 89 heavy (non-hydrogen) atoms. The number of hydrogen-bond donors (Lipinski definition) is 13. The molecule has 13 N–H and O–H groups in total. The van der Waals surface area contributed by atoms with Gasteiger partial charge in [0, 0.05) is 97.1 Å². The van der Waals surface area contributed by atoms with Crippen molar-refractivity contribution in [1.29, 1.82) is 0 Å². The van der Waals surface area contributed by atoms with Gasteiger partial charge in [-0.2, -0.15) is 21.6 Å². The van der Waals surface area contributed by atoms with Crippen LogP contribution in [0.1, 0.15) is 60.9 Å². The number of benzene rings is 1. The highest BCUT2D eigenvalue weighted by atomic mass is 32.2. The van der Waals surface area contributed by atoms with Gasteiger partial charge in [-0.3, -0.25) is 71.9 Å². The summed E-state index contributed by atoms with van der Waals surface area (Å²) in [4.78, 5) is 123. The third-order valence-electron chi connectivity index (χ3n) is 13.8. The first-order valence-electron chi connectivity index (χ1n) is 28.3. The van der Waals surface area contributed by atoms with Gasteiger partial charge >= 0.3 is 23.9 Å². The Hall–Kier alpha value is -7.23. The van der Waals surface area contributed by atoms with E-state index in [0.717, 1.165) is 36.5 Å². The van der Waals surface area contributed by atoms with Crippen molar-refractivity contribution in [1.82, 2.24) is 55.9 Å². The van der Waals surface area contributed by atoms with Crippen molar-refractivity contribution < 1.29 is 103 Å². The predicted octanol–water partition coefficient (Wildman–Crippen LogP) is -4.07. The van der Waals surface area contributed by atoms with Gasteiger partial charge in [0.2, 0.25) is 39.6 Å². The first kappa shape index (κ1) is 74.2. The molecule has 0 bridgehead atoms. The largest absolute Gasteiger partial charge is 0.494 e. The Kier molecular flexibility index (Phi) is 29.9. The molecule has 498 valence electrons. The standard InChI is InChI=1S/C52H80N12O22S3/c1-34-25-38(26-35(2)48(34)89(84,85)60-39(52(76)77)27-56-43(66)9-4-3-8-37-12-11-36-7-5-13-54-49(36)57-37)86-24-6-10-42(65)53-14-15-55-50(74)40(32-87(78,79)80)59-51(75)41(33-88(81,82)83)58-44(67)28-61-16-18-62(29-45(68)69)20-22-64(31-47(72)73)23-21-63(19-17-61)30-46(70)71/h11-12,25-26,39-41,60H,3-10,13-24,27-33H2,1-2H3,(H,53,65)(H,54,57)(H,55,74)(H,56,66)(H,58,67)(H,59,75)(H,68,69)(H,70,71)(H,72,73)(H,76,77)(H,78,79,80)(H,81,82,83)/t39-,40-,41-/m0/s1. The van der Waals surface area contributed by atoms with Crippen molar-refractivity contribution in [3.05, 3.63) is 46.6 Å². The summed E-state index contributed by atoms with van der Waals surface area (Å²) in [5.41, 5.74) is 2.44. The van der Waals surface area contributed by atoms with E-state index in [0.29, 0.717) is 19.3 Å². The van der Waals surface area contributed by atoms with Crippen LogP contribution in [0.3, 0.4) is 0 Å². The molecule has 1 saturated heterocycles. The zero-order chi connectivity index (χ0) is 66.1. The van der Waals surface area contributed by atoms with E-state index in [1.54, 1.807) is 0 Å². The fourth-order valence-electron chi connectivity index (χ4n) is 9.56. The average Bonchev–Trinajstić information content (AvgIpc) is 2.89. The number of aliphatic carboxylic acids is 4. The molecule has 0 unspecified atom stereocenters. The van der Waals surface area contributed by atoms with Crippen LogP contribution < -0.4 is 41.4 Å². The fourth-order valence-corrected chi connectivity index (χ4v) is 12.5. The van der Waals surface area contributed by atoms with Crippen LogP contribution in [0.2, 0.25) is 0 Å². The maximum Gasteiger partial charge on any atom is 0.323 e. The Bertz CT molecular complexity index is 3120. The molecule has 0 aliphatic carbocycles. The van der Waals surface area contributed by atoms with E-state index in [2.05, 4.69) is 36.3 Å². The minimum Gasteiger partial charge on any atom is -0.494 e. The molecule has 1 aromatic carbocycles. The van der Waals surface area contributed by atoms with Gasteiger partial charge in [0.15, 0.2) is 0 Å². The number of unbranched alkanes of at least 4 members (excludes halogenated alkanes) is 1. The lowest BCUT2D eigenvalue weighted by atomic mass is 10.1. The van der Waals surface area contributed by atoms with Crippen LogP contribution in [0, 0.1) is 13.8 Å². The first-order chi connectivity index (χ1) is 41.7. The third-order valence-corrected chi connectivity index (χ3v) is 17.1. The van der Waals surface area contributed by atoms with Gasteiger partial charge in [-0.15, -0.1) is 0 Å². The van der Waals surface area contributed by atoms with Gasteiger partial charge in [-0.25, -0.2) is 13.4 Å². The summed E-state index contributed by atoms with van der Waals surface area (Å²) in [5.74, 6) is -11.9. The van der Waals surface area contributed by atoms with Crippen LogP contribution in [0.5, 0.6) is 5.75 Å². The minimum absolute atomic E-state index is 0.0305. The van der Waals surface area contributed by atoms with E-state index in [1.165, 1.54) is 45.6 Å². The van der Waals surface area contributed by atoms with E-state index in [4.69, 9.17) is 4.74 Å². The van der Waals surface area contributed by atoms with Crippen LogP contribution in [0.4, 0.5) is 5.82 Å². The number of carboxylic acids is 4. The highest BCUT2D eigenvalue weighted by Gasteiger charge is 2.34. The number of carbonyl (C=O) groups excluding carboxylic acids is 5. The van der Waals surface area contributed by atoms with E-state index in [-0.39, 0.29) is 107 Å². The number of nitrogens with one attached hydrogen (secondary N) is 7. The zero-order valence-corrected chi connectivity index (χ0v) is 51.8. The maximum atomic E-state index is 13.5. The second-order valence-corrected chi connectivity index (χ2v) is 26.0. The topological polar surface area (TPSA) is 497 Å². The molecular formula is C52H80N12O22S3. The van der Waals surface area contributed by atoms with Crippen LogP contribution in [0.15, 0.2) is 29.2 Å².